The molecule has 172 valence electrons. The summed E-state index contributed by atoms with van der Waals surface area (Å²) < 4.78 is 46.8. The Balaban J connectivity index is 2.17. The first-order chi connectivity index (χ1) is 14.9. The van der Waals surface area contributed by atoms with Crippen LogP contribution in [-0.4, -0.2) is 29.4 Å². The summed E-state index contributed by atoms with van der Waals surface area (Å²) in [5.74, 6) is 0.0931. The zero-order valence-corrected chi connectivity index (χ0v) is 18.5. The second-order valence-electron chi connectivity index (χ2n) is 7.38. The summed E-state index contributed by atoms with van der Waals surface area (Å²) in [5.41, 5.74) is 6.38. The minimum Gasteiger partial charge on any atom is -0.444 e. The number of anilines is 1. The van der Waals surface area contributed by atoms with Crippen molar-refractivity contribution < 1.29 is 27.4 Å². The minimum absolute atomic E-state index is 0.113. The summed E-state index contributed by atoms with van der Waals surface area (Å²) in [7, 11) is 0. The van der Waals surface area contributed by atoms with Crippen LogP contribution in [0.15, 0.2) is 58.7 Å². The van der Waals surface area contributed by atoms with E-state index in [4.69, 9.17) is 10.5 Å². The molecule has 2 rings (SSSR count). The Morgan fingerprint density at radius 3 is 2.47 bits per heavy atom. The first-order valence-corrected chi connectivity index (χ1v) is 10.3. The van der Waals surface area contributed by atoms with Gasteiger partial charge in [0.2, 0.25) is 0 Å². The van der Waals surface area contributed by atoms with Gasteiger partial charge < -0.3 is 15.2 Å². The van der Waals surface area contributed by atoms with Crippen LogP contribution in [-0.2, 0) is 10.5 Å². The normalized spacial score (nSPS) is 12.6. The van der Waals surface area contributed by atoms with Gasteiger partial charge in [-0.15, -0.1) is 18.3 Å². The molecule has 11 heteroatoms. The van der Waals surface area contributed by atoms with Crippen molar-refractivity contribution in [3.05, 3.63) is 59.7 Å². The third kappa shape index (κ3) is 9.73. The van der Waals surface area contributed by atoms with E-state index < -0.39 is 23.8 Å². The third-order valence-corrected chi connectivity index (χ3v) is 4.33. The molecule has 0 unspecified atom stereocenters. The number of halogens is 3. The number of rotatable bonds is 6. The molecular formula is C21H23F3N4O3S. The molecule has 0 atom stereocenters. The predicted octanol–water partition coefficient (Wildman–Crippen LogP) is 5.51. The van der Waals surface area contributed by atoms with E-state index in [2.05, 4.69) is 20.3 Å². The van der Waals surface area contributed by atoms with Crippen LogP contribution in [0, 0.1) is 0 Å². The standard InChI is InChI=1S/C21H23F3N4O3S/c1-20(2,3)31-19(29)27-17-10-9-16(30-21(22,23)24)11-15(17)12-26-28-18(25)32-13-14-7-5-4-6-8-14/h4-12H,13H2,1-3H3,(H2,25,28)(H,27,29). The summed E-state index contributed by atoms with van der Waals surface area (Å²) in [6, 6.07) is 12.9. The van der Waals surface area contributed by atoms with Crippen molar-refractivity contribution in [2.24, 2.45) is 15.9 Å². The lowest BCUT2D eigenvalue weighted by molar-refractivity contribution is -0.274. The Morgan fingerprint density at radius 2 is 1.84 bits per heavy atom. The fraction of sp³-hybridized carbons (Fsp3) is 0.286. The highest BCUT2D eigenvalue weighted by Crippen LogP contribution is 2.27. The number of nitrogens with one attached hydrogen (secondary N) is 1. The molecule has 3 N–H and O–H groups in total. The van der Waals surface area contributed by atoms with E-state index in [-0.39, 0.29) is 16.4 Å². The molecule has 0 saturated carbocycles. The van der Waals surface area contributed by atoms with Gasteiger partial charge in [0.15, 0.2) is 5.17 Å². The maximum Gasteiger partial charge on any atom is 0.573 e. The number of alkyl halides is 3. The second-order valence-corrected chi connectivity index (χ2v) is 8.38. The van der Waals surface area contributed by atoms with E-state index in [9.17, 15) is 18.0 Å². The first-order valence-electron chi connectivity index (χ1n) is 9.34. The summed E-state index contributed by atoms with van der Waals surface area (Å²) in [4.78, 5) is 12.1. The molecule has 0 heterocycles. The van der Waals surface area contributed by atoms with Crippen LogP contribution in [0.1, 0.15) is 31.9 Å². The lowest BCUT2D eigenvalue weighted by Gasteiger charge is -2.20. The lowest BCUT2D eigenvalue weighted by atomic mass is 10.2. The second kappa shape index (κ2) is 10.9. The van der Waals surface area contributed by atoms with Crippen molar-refractivity contribution in [3.63, 3.8) is 0 Å². The average Bonchev–Trinajstić information content (AvgIpc) is 2.66. The lowest BCUT2D eigenvalue weighted by Crippen LogP contribution is -2.27. The third-order valence-electron chi connectivity index (χ3n) is 3.47. The van der Waals surface area contributed by atoms with Gasteiger partial charge >= 0.3 is 12.5 Å². The van der Waals surface area contributed by atoms with Crippen molar-refractivity contribution >= 4 is 34.9 Å². The Morgan fingerprint density at radius 1 is 1.16 bits per heavy atom. The molecule has 0 radical (unpaired) electrons. The van der Waals surface area contributed by atoms with Crippen molar-refractivity contribution in [1.29, 1.82) is 0 Å². The zero-order chi connectivity index (χ0) is 23.8. The first kappa shape index (κ1) is 25.1. The van der Waals surface area contributed by atoms with Crippen LogP contribution in [0.3, 0.4) is 0 Å². The number of hydrogen-bond donors (Lipinski definition) is 2. The van der Waals surface area contributed by atoms with E-state index in [1.807, 2.05) is 30.3 Å². The van der Waals surface area contributed by atoms with Gasteiger partial charge in [-0.2, -0.15) is 5.10 Å². The topological polar surface area (TPSA) is 98.3 Å². The Hall–Kier alpha value is -3.21. The highest BCUT2D eigenvalue weighted by molar-refractivity contribution is 8.13. The molecule has 2 aromatic carbocycles. The molecule has 0 aliphatic rings. The van der Waals surface area contributed by atoms with Crippen LogP contribution >= 0.6 is 11.8 Å². The molecule has 2 aromatic rings. The van der Waals surface area contributed by atoms with Gasteiger partial charge in [-0.1, -0.05) is 42.1 Å². The van der Waals surface area contributed by atoms with Crippen molar-refractivity contribution in [1.82, 2.24) is 0 Å². The maximum atomic E-state index is 12.6. The Bertz CT molecular complexity index is 974. The monoisotopic (exact) mass is 468 g/mol. The van der Waals surface area contributed by atoms with Crippen LogP contribution in [0.5, 0.6) is 5.75 Å². The fourth-order valence-electron chi connectivity index (χ4n) is 2.28. The molecule has 0 aliphatic carbocycles. The molecule has 32 heavy (non-hydrogen) atoms. The van der Waals surface area contributed by atoms with Crippen LogP contribution in [0.2, 0.25) is 0 Å². The largest absolute Gasteiger partial charge is 0.573 e. The summed E-state index contributed by atoms with van der Waals surface area (Å²) in [6.45, 7) is 5.04. The summed E-state index contributed by atoms with van der Waals surface area (Å²) >= 11 is 1.25. The Labute approximate surface area is 187 Å². The van der Waals surface area contributed by atoms with Crippen molar-refractivity contribution in [2.75, 3.05) is 5.32 Å². The SMILES string of the molecule is CC(C)(C)OC(=O)Nc1ccc(OC(F)(F)F)cc1C=NN=C(N)SCc1ccccc1. The van der Waals surface area contributed by atoms with E-state index in [0.29, 0.717) is 5.75 Å². The number of benzene rings is 2. The van der Waals surface area contributed by atoms with E-state index >= 15 is 0 Å². The molecule has 0 fully saturated rings. The predicted molar refractivity (Wildman–Crippen MR) is 120 cm³/mol. The van der Waals surface area contributed by atoms with Gasteiger partial charge in [0.05, 0.1) is 11.9 Å². The number of carbonyl (C=O) groups excluding carboxylic acids is 1. The van der Waals surface area contributed by atoms with Gasteiger partial charge in [0.25, 0.3) is 0 Å². The summed E-state index contributed by atoms with van der Waals surface area (Å²) in [5, 5.41) is 10.3. The molecule has 0 aromatic heterocycles. The van der Waals surface area contributed by atoms with E-state index in [0.717, 1.165) is 23.9 Å². The number of carbonyl (C=O) groups is 1. The van der Waals surface area contributed by atoms with Gasteiger partial charge in [0, 0.05) is 11.3 Å². The molecular weight excluding hydrogens is 445 g/mol. The van der Waals surface area contributed by atoms with E-state index in [1.54, 1.807) is 20.8 Å². The molecule has 7 nitrogen and oxygen atoms in total. The highest BCUT2D eigenvalue weighted by atomic mass is 32.2. The van der Waals surface area contributed by atoms with Gasteiger partial charge in [-0.25, -0.2) is 4.79 Å². The number of amides is 1. The van der Waals surface area contributed by atoms with Gasteiger partial charge in [-0.05, 0) is 44.5 Å². The quantitative estimate of drug-likeness (QED) is 0.331. The zero-order valence-electron chi connectivity index (χ0n) is 17.6. The van der Waals surface area contributed by atoms with Crippen molar-refractivity contribution in [3.8, 4) is 5.75 Å². The van der Waals surface area contributed by atoms with Crippen molar-refractivity contribution in [2.45, 2.75) is 38.5 Å². The molecule has 0 bridgehead atoms. The van der Waals surface area contributed by atoms with Gasteiger partial charge in [-0.3, -0.25) is 5.32 Å². The maximum absolute atomic E-state index is 12.6. The molecule has 0 spiro atoms. The Kier molecular flexibility index (Phi) is 8.53. The number of nitrogens with zero attached hydrogens (tertiary/aromatic N) is 2. The summed E-state index contributed by atoms with van der Waals surface area (Å²) in [6.07, 6.45) is -4.49. The van der Waals surface area contributed by atoms with Crippen LogP contribution < -0.4 is 15.8 Å². The average molecular weight is 469 g/mol. The van der Waals surface area contributed by atoms with E-state index in [1.165, 1.54) is 17.8 Å². The number of ether oxygens (including phenoxy) is 2. The smallest absolute Gasteiger partial charge is 0.444 e. The highest BCUT2D eigenvalue weighted by Gasteiger charge is 2.31. The minimum atomic E-state index is -4.87. The number of amidine groups is 1. The number of nitrogens with two attached hydrogens (primary N) is 1. The molecule has 0 aliphatic heterocycles. The number of hydrogen-bond acceptors (Lipinski definition) is 6. The van der Waals surface area contributed by atoms with Gasteiger partial charge in [0.1, 0.15) is 11.4 Å². The number of thioether (sulfide) groups is 1. The van der Waals surface area contributed by atoms with Crippen LogP contribution in [0.4, 0.5) is 23.7 Å². The molecule has 1 amide bonds. The fourth-order valence-corrected chi connectivity index (χ4v) is 2.89. The molecule has 0 saturated heterocycles. The van der Waals surface area contributed by atoms with Crippen LogP contribution in [0.25, 0.3) is 0 Å².